The fourth-order valence-electron chi connectivity index (χ4n) is 0.0873. The van der Waals surface area contributed by atoms with Gasteiger partial charge in [0.25, 0.3) is 0 Å². The van der Waals surface area contributed by atoms with Gasteiger partial charge < -0.3 is 14.9 Å². The summed E-state index contributed by atoms with van der Waals surface area (Å²) < 4.78 is 3.77. The molecule has 0 radical (unpaired) electrons. The fourth-order valence-corrected chi connectivity index (χ4v) is 0.0873. The summed E-state index contributed by atoms with van der Waals surface area (Å²) in [5.74, 6) is -2.80. The number of esters is 1. The summed E-state index contributed by atoms with van der Waals surface area (Å²) in [6, 6.07) is 0. The van der Waals surface area contributed by atoms with Gasteiger partial charge in [-0.2, -0.15) is 0 Å². The Morgan fingerprint density at radius 3 is 1.67 bits per heavy atom. The molecule has 0 amide bonds. The zero-order chi connectivity index (χ0) is 7.86. The first-order valence-electron chi connectivity index (χ1n) is 1.94. The summed E-state index contributed by atoms with van der Waals surface area (Å²) in [6.45, 7) is 0. The molecule has 2 N–H and O–H groups in total. The van der Waals surface area contributed by atoms with E-state index in [1.165, 1.54) is 0 Å². The van der Waals surface area contributed by atoms with Crippen molar-refractivity contribution < 1.29 is 24.5 Å². The third kappa shape index (κ3) is 6.90. The van der Waals surface area contributed by atoms with Gasteiger partial charge in [0, 0.05) is 7.11 Å². The van der Waals surface area contributed by atoms with E-state index in [0.717, 1.165) is 14.2 Å². The number of aliphatic hydroxyl groups is 1. The molecule has 0 saturated carbocycles. The normalized spacial score (nSPS) is 6.56. The number of carbonyl (C=O) groups is 2. The predicted molar refractivity (Wildman–Crippen MR) is 27.8 cm³/mol. The van der Waals surface area contributed by atoms with Crippen molar-refractivity contribution in [1.29, 1.82) is 0 Å². The van der Waals surface area contributed by atoms with E-state index in [1.807, 2.05) is 0 Å². The van der Waals surface area contributed by atoms with Crippen molar-refractivity contribution in [2.45, 2.75) is 0 Å². The van der Waals surface area contributed by atoms with Gasteiger partial charge in [-0.15, -0.1) is 0 Å². The van der Waals surface area contributed by atoms with Crippen LogP contribution >= 0.6 is 0 Å². The molecule has 0 fully saturated rings. The number of carboxylic acids is 1. The lowest BCUT2D eigenvalue weighted by molar-refractivity contribution is -0.161. The van der Waals surface area contributed by atoms with E-state index in [-0.39, 0.29) is 0 Å². The van der Waals surface area contributed by atoms with Gasteiger partial charge in [0.2, 0.25) is 0 Å². The minimum absolute atomic E-state index is 1.00. The highest BCUT2D eigenvalue weighted by Crippen LogP contribution is 1.68. The molecule has 0 aliphatic heterocycles. The number of aliphatic hydroxyl groups excluding tert-OH is 1. The Hall–Kier alpha value is -1.10. The van der Waals surface area contributed by atoms with Gasteiger partial charge in [-0.1, -0.05) is 0 Å². The van der Waals surface area contributed by atoms with Gasteiger partial charge in [-0.25, -0.2) is 9.59 Å². The monoisotopic (exact) mass is 136 g/mol. The van der Waals surface area contributed by atoms with Crippen LogP contribution in [0.4, 0.5) is 0 Å². The van der Waals surface area contributed by atoms with E-state index < -0.39 is 11.9 Å². The Kier molecular flexibility index (Phi) is 8.28. The van der Waals surface area contributed by atoms with Crippen molar-refractivity contribution in [3.63, 3.8) is 0 Å². The second kappa shape index (κ2) is 6.90. The van der Waals surface area contributed by atoms with Crippen molar-refractivity contribution >= 4 is 11.9 Å². The molecule has 0 unspecified atom stereocenters. The van der Waals surface area contributed by atoms with E-state index in [9.17, 15) is 9.59 Å². The van der Waals surface area contributed by atoms with E-state index in [1.54, 1.807) is 0 Å². The first kappa shape index (κ1) is 10.8. The first-order chi connectivity index (χ1) is 4.18. The highest BCUT2D eigenvalue weighted by molar-refractivity contribution is 6.28. The van der Waals surface area contributed by atoms with Crippen LogP contribution in [0.15, 0.2) is 0 Å². The number of hydrogen-bond acceptors (Lipinski definition) is 4. The van der Waals surface area contributed by atoms with Crippen LogP contribution in [0, 0.1) is 0 Å². The number of carboxylic acid groups (broad SMARTS) is 1. The standard InChI is InChI=1S/C3H4O4.CH4O/c1-7-3(6)2(4)5;1-2/h1H3,(H,4,5);2H,1H3. The average Bonchev–Trinajstić information content (AvgIpc) is 1.91. The largest absolute Gasteiger partial charge is 0.473 e. The smallest absolute Gasteiger partial charge is 0.417 e. The number of aliphatic carboxylic acids is 1. The third-order valence-corrected chi connectivity index (χ3v) is 0.360. The summed E-state index contributed by atoms with van der Waals surface area (Å²) >= 11 is 0. The summed E-state index contributed by atoms with van der Waals surface area (Å²) in [4.78, 5) is 19.1. The van der Waals surface area contributed by atoms with Crippen molar-refractivity contribution in [3.8, 4) is 0 Å². The average molecular weight is 136 g/mol. The molecule has 0 atom stereocenters. The third-order valence-electron chi connectivity index (χ3n) is 0.360. The van der Waals surface area contributed by atoms with Gasteiger partial charge >= 0.3 is 11.9 Å². The minimum Gasteiger partial charge on any atom is -0.473 e. The second-order valence-electron chi connectivity index (χ2n) is 0.797. The molecule has 0 aliphatic carbocycles. The van der Waals surface area contributed by atoms with Gasteiger partial charge in [0.15, 0.2) is 0 Å². The van der Waals surface area contributed by atoms with Crippen LogP contribution in [0.25, 0.3) is 0 Å². The van der Waals surface area contributed by atoms with E-state index in [4.69, 9.17) is 10.2 Å². The van der Waals surface area contributed by atoms with Crippen LogP contribution in [-0.2, 0) is 14.3 Å². The lowest BCUT2D eigenvalue weighted by atomic mass is 10.7. The molecule has 5 heteroatoms. The fraction of sp³-hybridized carbons (Fsp3) is 0.500. The molecule has 54 valence electrons. The molecule has 0 saturated heterocycles. The molecular weight excluding hydrogens is 128 g/mol. The Morgan fingerprint density at radius 1 is 1.33 bits per heavy atom. The molecule has 5 nitrogen and oxygen atoms in total. The lowest BCUT2D eigenvalue weighted by Gasteiger charge is -1.85. The topological polar surface area (TPSA) is 83.8 Å². The summed E-state index contributed by atoms with van der Waals surface area (Å²) in [6.07, 6.45) is 0. The molecular formula is C4H8O5. The molecule has 0 spiro atoms. The van der Waals surface area contributed by atoms with Crippen LogP contribution in [0.5, 0.6) is 0 Å². The molecule has 0 aromatic rings. The summed E-state index contributed by atoms with van der Waals surface area (Å²) in [7, 11) is 2.01. The first-order valence-corrected chi connectivity index (χ1v) is 1.94. The summed E-state index contributed by atoms with van der Waals surface area (Å²) in [5.41, 5.74) is 0. The van der Waals surface area contributed by atoms with Gasteiger partial charge in [-0.05, 0) is 0 Å². The number of hydrogen-bond donors (Lipinski definition) is 2. The number of methoxy groups -OCH3 is 1. The molecule has 0 aromatic carbocycles. The Morgan fingerprint density at radius 2 is 1.67 bits per heavy atom. The van der Waals surface area contributed by atoms with E-state index in [0.29, 0.717) is 0 Å². The molecule has 0 rings (SSSR count). The SMILES string of the molecule is CO.COC(=O)C(=O)O. The maximum absolute atomic E-state index is 9.69. The zero-order valence-electron chi connectivity index (χ0n) is 5.12. The molecule has 0 heterocycles. The van der Waals surface area contributed by atoms with E-state index >= 15 is 0 Å². The van der Waals surface area contributed by atoms with Crippen LogP contribution in [0.2, 0.25) is 0 Å². The highest BCUT2D eigenvalue weighted by Gasteiger charge is 2.08. The van der Waals surface area contributed by atoms with Crippen molar-refractivity contribution in [2.75, 3.05) is 14.2 Å². The summed E-state index contributed by atoms with van der Waals surface area (Å²) in [5, 5.41) is 14.7. The van der Waals surface area contributed by atoms with Gasteiger partial charge in [-0.3, -0.25) is 0 Å². The van der Waals surface area contributed by atoms with Crippen LogP contribution in [0.3, 0.4) is 0 Å². The van der Waals surface area contributed by atoms with Gasteiger partial charge in [0.05, 0.1) is 7.11 Å². The predicted octanol–water partition coefficient (Wildman–Crippen LogP) is -1.15. The minimum atomic E-state index is -1.57. The van der Waals surface area contributed by atoms with Crippen LogP contribution < -0.4 is 0 Å². The Labute approximate surface area is 51.9 Å². The molecule has 0 aliphatic rings. The van der Waals surface area contributed by atoms with Crippen molar-refractivity contribution in [3.05, 3.63) is 0 Å². The van der Waals surface area contributed by atoms with Crippen molar-refractivity contribution in [2.24, 2.45) is 0 Å². The van der Waals surface area contributed by atoms with Crippen molar-refractivity contribution in [1.82, 2.24) is 0 Å². The number of carbonyl (C=O) groups excluding carboxylic acids is 1. The maximum atomic E-state index is 9.69. The maximum Gasteiger partial charge on any atom is 0.417 e. The molecule has 9 heavy (non-hydrogen) atoms. The van der Waals surface area contributed by atoms with Crippen LogP contribution in [0.1, 0.15) is 0 Å². The number of ether oxygens (including phenoxy) is 1. The second-order valence-corrected chi connectivity index (χ2v) is 0.797. The molecule has 0 aromatic heterocycles. The van der Waals surface area contributed by atoms with E-state index in [2.05, 4.69) is 4.74 Å². The van der Waals surface area contributed by atoms with Crippen LogP contribution in [-0.4, -0.2) is 36.4 Å². The molecule has 0 bridgehead atoms. The quantitative estimate of drug-likeness (QED) is 0.324. The Bertz CT molecular complexity index is 97.1. The number of rotatable bonds is 0. The zero-order valence-corrected chi connectivity index (χ0v) is 5.12. The highest BCUT2D eigenvalue weighted by atomic mass is 16.5. The Balaban J connectivity index is 0. The lowest BCUT2D eigenvalue weighted by Crippen LogP contribution is -2.13. The van der Waals surface area contributed by atoms with Gasteiger partial charge in [0.1, 0.15) is 0 Å².